The number of anilines is 1. The fourth-order valence-corrected chi connectivity index (χ4v) is 8.05. The van der Waals surface area contributed by atoms with Crippen LogP contribution < -0.4 is 9.64 Å². The Morgan fingerprint density at radius 3 is 2.59 bits per heavy atom. The van der Waals surface area contributed by atoms with Gasteiger partial charge in [0.05, 0.1) is 26.0 Å². The normalized spacial score (nSPS) is 27.2. The summed E-state index contributed by atoms with van der Waals surface area (Å²) in [7, 11) is 0.231. The number of rotatable bonds is 9. The minimum Gasteiger partial charge on any atom is -0.497 e. The van der Waals surface area contributed by atoms with E-state index in [1.165, 1.54) is 7.11 Å². The van der Waals surface area contributed by atoms with Crippen molar-refractivity contribution in [3.63, 3.8) is 0 Å². The Morgan fingerprint density at radius 2 is 2.00 bits per heavy atom. The van der Waals surface area contributed by atoms with Crippen molar-refractivity contribution in [1.29, 1.82) is 0 Å². The zero-order chi connectivity index (χ0) is 23.7. The van der Waals surface area contributed by atoms with Crippen LogP contribution in [0.3, 0.4) is 0 Å². The minimum absolute atomic E-state index is 0.0785. The number of aliphatic hydroxyl groups excluding tert-OH is 1. The predicted molar refractivity (Wildman–Crippen MR) is 122 cm³/mol. The molecule has 0 aliphatic carbocycles. The summed E-state index contributed by atoms with van der Waals surface area (Å²) < 4.78 is 16.7. The molecule has 2 aliphatic heterocycles. The number of ether oxygens (including phenoxy) is 3. The summed E-state index contributed by atoms with van der Waals surface area (Å²) >= 11 is 0. The summed E-state index contributed by atoms with van der Waals surface area (Å²) in [5.41, 5.74) is 0.0634. The second kappa shape index (κ2) is 9.50. The molecule has 2 aliphatic rings. The Balaban J connectivity index is 1.99. The molecule has 1 aromatic carbocycles. The summed E-state index contributed by atoms with van der Waals surface area (Å²) in [6.45, 7) is 6.05. The second-order valence-corrected chi connectivity index (χ2v) is 13.2. The molecule has 1 fully saturated rings. The number of nitrogens with zero attached hydrogens (tertiary/aromatic N) is 1. The zero-order valence-electron chi connectivity index (χ0n) is 19.6. The van der Waals surface area contributed by atoms with Gasteiger partial charge < -0.3 is 29.0 Å². The molecule has 0 radical (unpaired) electrons. The molecule has 0 aromatic heterocycles. The molecule has 9 heteroatoms. The van der Waals surface area contributed by atoms with Crippen LogP contribution in [0.2, 0.25) is 18.6 Å². The average Bonchev–Trinajstić information content (AvgIpc) is 3.17. The lowest BCUT2D eigenvalue weighted by atomic mass is 9.82. The van der Waals surface area contributed by atoms with E-state index in [2.05, 4.69) is 0 Å². The van der Waals surface area contributed by atoms with Gasteiger partial charge in [-0.05, 0) is 50.6 Å². The van der Waals surface area contributed by atoms with Crippen molar-refractivity contribution in [3.05, 3.63) is 23.8 Å². The lowest BCUT2D eigenvalue weighted by Gasteiger charge is -2.32. The highest BCUT2D eigenvalue weighted by atomic mass is 28.4. The summed E-state index contributed by atoms with van der Waals surface area (Å²) in [5.74, 6) is -0.0713. The average molecular weight is 466 g/mol. The number of unbranched alkanes of at least 4 members (excludes halogenated alkanes) is 1. The van der Waals surface area contributed by atoms with Crippen LogP contribution in [0.25, 0.3) is 0 Å². The predicted octanol–water partition coefficient (Wildman–Crippen LogP) is 2.57. The minimum atomic E-state index is -2.71. The third-order valence-corrected chi connectivity index (χ3v) is 9.35. The van der Waals surface area contributed by atoms with Gasteiger partial charge in [-0.15, -0.1) is 0 Å². The molecule has 1 aromatic rings. The molecular weight excluding hydrogens is 430 g/mol. The molecule has 0 bridgehead atoms. The molecule has 0 unspecified atom stereocenters. The van der Waals surface area contributed by atoms with Crippen LogP contribution in [0.15, 0.2) is 18.2 Å². The first kappa shape index (κ1) is 24.7. The number of carbonyl (C=O) groups excluding carboxylic acids is 2. The summed E-state index contributed by atoms with van der Waals surface area (Å²) in [4.78, 5) is 38.2. The molecule has 178 valence electrons. The van der Waals surface area contributed by atoms with E-state index < -0.39 is 20.0 Å². The van der Waals surface area contributed by atoms with Gasteiger partial charge in [-0.1, -0.05) is 6.92 Å². The number of esters is 1. The van der Waals surface area contributed by atoms with Gasteiger partial charge in [-0.2, -0.15) is 0 Å². The number of carbonyl (C=O) groups is 2. The largest absolute Gasteiger partial charge is 0.497 e. The summed E-state index contributed by atoms with van der Waals surface area (Å²) in [6.07, 6.45) is 1.50. The number of methoxy groups -OCH3 is 2. The standard InChI is InChI=1S/C23H35NO7Si/c1-15-21(32(4,5)28)19(11-13-25)31-23(15)17-14-16(29-2)9-10-18(17)24(22(23)27)12-7-6-8-20(26)30-3/h9-10,14-15,19,21,25,28H,6-8,11-13H2,1-5H3/t15-,19+,21-,23+/m0/s1. The lowest BCUT2D eigenvalue weighted by molar-refractivity contribution is -0.146. The lowest BCUT2D eigenvalue weighted by Crippen LogP contribution is -2.46. The molecule has 1 saturated heterocycles. The van der Waals surface area contributed by atoms with Crippen molar-refractivity contribution < 1.29 is 33.7 Å². The maximum atomic E-state index is 13.9. The molecule has 3 rings (SSSR count). The Morgan fingerprint density at radius 1 is 1.28 bits per heavy atom. The van der Waals surface area contributed by atoms with E-state index in [4.69, 9.17) is 14.2 Å². The molecule has 0 saturated carbocycles. The number of fused-ring (bicyclic) bond motifs is 2. The molecule has 4 atom stereocenters. The first-order valence-corrected chi connectivity index (χ1v) is 14.2. The van der Waals surface area contributed by atoms with Gasteiger partial charge in [0.1, 0.15) is 5.75 Å². The monoisotopic (exact) mass is 465 g/mol. The number of amides is 1. The van der Waals surface area contributed by atoms with E-state index in [0.717, 1.165) is 11.3 Å². The highest BCUT2D eigenvalue weighted by Crippen LogP contribution is 2.59. The van der Waals surface area contributed by atoms with E-state index in [1.807, 2.05) is 38.2 Å². The van der Waals surface area contributed by atoms with Gasteiger partial charge in [-0.25, -0.2) is 0 Å². The fraction of sp³-hybridized carbons (Fsp3) is 0.652. The van der Waals surface area contributed by atoms with Crippen molar-refractivity contribution in [2.75, 3.05) is 32.3 Å². The van der Waals surface area contributed by atoms with Crippen molar-refractivity contribution in [2.24, 2.45) is 5.92 Å². The third-order valence-electron chi connectivity index (χ3n) is 6.84. The van der Waals surface area contributed by atoms with Gasteiger partial charge >= 0.3 is 5.97 Å². The van der Waals surface area contributed by atoms with Gasteiger partial charge in [-0.3, -0.25) is 9.59 Å². The maximum absolute atomic E-state index is 13.9. The summed E-state index contributed by atoms with van der Waals surface area (Å²) in [6, 6.07) is 5.54. The molecule has 2 heterocycles. The topological polar surface area (TPSA) is 106 Å². The van der Waals surface area contributed by atoms with Crippen molar-refractivity contribution in [2.45, 2.75) is 62.9 Å². The van der Waals surface area contributed by atoms with E-state index >= 15 is 0 Å². The van der Waals surface area contributed by atoms with Crippen LogP contribution in [0.4, 0.5) is 5.69 Å². The Kier molecular flexibility index (Phi) is 7.33. The van der Waals surface area contributed by atoms with Crippen LogP contribution in [-0.4, -0.2) is 63.6 Å². The van der Waals surface area contributed by atoms with Crippen molar-refractivity contribution in [1.82, 2.24) is 0 Å². The number of benzene rings is 1. The second-order valence-electron chi connectivity index (χ2n) is 9.25. The first-order chi connectivity index (χ1) is 15.1. The maximum Gasteiger partial charge on any atom is 0.305 e. The van der Waals surface area contributed by atoms with E-state index in [1.54, 1.807) is 12.0 Å². The van der Waals surface area contributed by atoms with Gasteiger partial charge in [0.15, 0.2) is 13.9 Å². The fourth-order valence-electron chi connectivity index (χ4n) is 5.44. The molecule has 1 amide bonds. The van der Waals surface area contributed by atoms with Crippen LogP contribution in [0.1, 0.15) is 38.2 Å². The third kappa shape index (κ3) is 4.18. The number of hydrogen-bond donors (Lipinski definition) is 2. The molecular formula is C23H35NO7Si. The zero-order valence-corrected chi connectivity index (χ0v) is 20.6. The van der Waals surface area contributed by atoms with E-state index in [0.29, 0.717) is 38.0 Å². The quantitative estimate of drug-likeness (QED) is 0.328. The van der Waals surface area contributed by atoms with Crippen LogP contribution in [0.5, 0.6) is 5.75 Å². The SMILES string of the molecule is COC(=O)CCCCN1C(=O)[C@]2(O[C@H](CCO)[C@@H]([Si](C)(C)O)[C@@H]2C)c2cc(OC)ccc21. The van der Waals surface area contributed by atoms with Gasteiger partial charge in [0, 0.05) is 36.6 Å². The van der Waals surface area contributed by atoms with Crippen molar-refractivity contribution >= 4 is 25.9 Å². The Hall–Kier alpha value is -1.94. The molecule has 2 N–H and O–H groups in total. The van der Waals surface area contributed by atoms with Crippen molar-refractivity contribution in [3.8, 4) is 5.75 Å². The van der Waals surface area contributed by atoms with E-state index in [9.17, 15) is 19.5 Å². The van der Waals surface area contributed by atoms with Crippen LogP contribution in [-0.2, 0) is 24.7 Å². The number of hydrogen-bond acceptors (Lipinski definition) is 7. The molecule has 1 spiro atoms. The van der Waals surface area contributed by atoms with Crippen LogP contribution in [0, 0.1) is 5.92 Å². The smallest absolute Gasteiger partial charge is 0.305 e. The number of aliphatic hydroxyl groups is 1. The Labute approximate surface area is 190 Å². The van der Waals surface area contributed by atoms with Crippen LogP contribution >= 0.6 is 0 Å². The molecule has 32 heavy (non-hydrogen) atoms. The molecule has 8 nitrogen and oxygen atoms in total. The highest BCUT2D eigenvalue weighted by molar-refractivity contribution is 6.71. The highest BCUT2D eigenvalue weighted by Gasteiger charge is 2.66. The first-order valence-electron chi connectivity index (χ1n) is 11.2. The van der Waals surface area contributed by atoms with Gasteiger partial charge in [0.25, 0.3) is 5.91 Å². The summed E-state index contributed by atoms with van der Waals surface area (Å²) in [5, 5.41) is 9.63. The van der Waals surface area contributed by atoms with Gasteiger partial charge in [0.2, 0.25) is 0 Å². The van der Waals surface area contributed by atoms with E-state index in [-0.39, 0.29) is 29.9 Å². The Bertz CT molecular complexity index is 855.